The number of halogens is 9. The first-order valence-corrected chi connectivity index (χ1v) is 2.79. The lowest BCUT2D eigenvalue weighted by Gasteiger charge is -2.12. The summed E-state index contributed by atoms with van der Waals surface area (Å²) in [6, 6.07) is 0. The first kappa shape index (κ1) is 36.7. The second-order valence-corrected chi connectivity index (χ2v) is 2.04. The van der Waals surface area contributed by atoms with Crippen LogP contribution in [0.2, 0.25) is 0 Å². The van der Waals surface area contributed by atoms with E-state index in [-0.39, 0.29) is 41.3 Å². The van der Waals surface area contributed by atoms with Crippen LogP contribution in [0.1, 0.15) is 12.8 Å². The number of hydrogen-bond donors (Lipinski definition) is 0. The summed E-state index contributed by atoms with van der Waals surface area (Å²) in [6.07, 6.45) is -4.97. The lowest BCUT2D eigenvalue weighted by atomic mass is 10.2. The molecule has 1 rings (SSSR count). The van der Waals surface area contributed by atoms with Gasteiger partial charge in [-0.15, -0.1) is 0 Å². The number of hydrogen-bond acceptors (Lipinski definition) is 1. The third-order valence-corrected chi connectivity index (χ3v) is 1.29. The Kier molecular flexibility index (Phi) is 32.6. The van der Waals surface area contributed by atoms with Crippen molar-refractivity contribution < 1.29 is 46.1 Å². The molecule has 102 valence electrons. The van der Waals surface area contributed by atoms with Crippen LogP contribution in [0.3, 0.4) is 0 Å². The van der Waals surface area contributed by atoms with Crippen LogP contribution in [-0.4, -0.2) is 18.9 Å². The van der Waals surface area contributed by atoms with Crippen molar-refractivity contribution in [3.8, 4) is 0 Å². The van der Waals surface area contributed by atoms with E-state index >= 15 is 0 Å². The van der Waals surface area contributed by atoms with Crippen LogP contribution in [0.5, 0.6) is 0 Å². The Balaban J connectivity index is -0.0000000337. The largest absolute Gasteiger partial charge is 0.414 e. The molecule has 0 amide bonds. The van der Waals surface area contributed by atoms with Gasteiger partial charge in [0.1, 0.15) is 0 Å². The molecule has 15 heavy (non-hydrogen) atoms. The minimum atomic E-state index is -4.14. The van der Waals surface area contributed by atoms with E-state index in [1.807, 2.05) is 0 Å². The second kappa shape index (κ2) is 13.3. The average Bonchev–Trinajstić information content (AvgIpc) is 2.08. The molecule has 0 radical (unpaired) electrons. The van der Waals surface area contributed by atoms with Gasteiger partial charge in [-0.2, -0.15) is 13.2 Å². The molecule has 1 saturated heterocycles. The summed E-state index contributed by atoms with van der Waals surface area (Å²) < 4.78 is 39.3. The van der Waals surface area contributed by atoms with Gasteiger partial charge >= 0.3 is 6.18 Å². The third kappa shape index (κ3) is 11.3. The molecule has 1 nitrogen and oxygen atoms in total. The van der Waals surface area contributed by atoms with Crippen LogP contribution in [-0.2, 0) is 4.74 Å². The van der Waals surface area contributed by atoms with Crippen molar-refractivity contribution >= 4 is 0 Å². The Hall–Kier alpha value is -0.670. The van der Waals surface area contributed by atoms with E-state index in [9.17, 15) is 13.2 Å². The van der Waals surface area contributed by atoms with Gasteiger partial charge in [-0.05, 0) is 12.8 Å². The summed E-state index contributed by atoms with van der Waals surface area (Å²) in [5.41, 5.74) is 0. The predicted octanol–water partition coefficient (Wildman–Crippen LogP) is 2.64. The molecule has 1 fully saturated rings. The van der Waals surface area contributed by atoms with E-state index in [4.69, 9.17) is 0 Å². The van der Waals surface area contributed by atoms with Crippen molar-refractivity contribution in [3.05, 3.63) is 0 Å². The van der Waals surface area contributed by atoms with E-state index in [0.29, 0.717) is 6.42 Å². The van der Waals surface area contributed by atoms with Crippen molar-refractivity contribution in [2.45, 2.75) is 25.1 Å². The second-order valence-electron chi connectivity index (χ2n) is 2.04. The Labute approximate surface area is 79.2 Å². The molecule has 0 saturated carbocycles. The number of ether oxygens (including phenoxy) is 1. The van der Waals surface area contributed by atoms with Gasteiger partial charge in [0.25, 0.3) is 0 Å². The summed E-state index contributed by atoms with van der Waals surface area (Å²) in [4.78, 5) is 0. The molecular weight excluding hydrogens is 247 g/mol. The first-order valence-electron chi connectivity index (χ1n) is 2.79. The standard InChI is InChI=1S/C5H7F3O.6FH/c6-5(7,8)4-2-1-3-9-4;;;;;;/h4H,1-3H2;6*1H. The number of rotatable bonds is 0. The zero-order chi connectivity index (χ0) is 6.91. The van der Waals surface area contributed by atoms with E-state index in [0.717, 1.165) is 0 Å². The van der Waals surface area contributed by atoms with E-state index in [1.165, 1.54) is 0 Å². The van der Waals surface area contributed by atoms with Gasteiger partial charge in [0.05, 0.1) is 0 Å². The normalized spacial score (nSPS) is 17.4. The molecule has 1 atom stereocenters. The molecule has 0 N–H and O–H groups in total. The summed E-state index contributed by atoms with van der Waals surface area (Å²) in [7, 11) is 0. The minimum Gasteiger partial charge on any atom is -0.369 e. The van der Waals surface area contributed by atoms with Gasteiger partial charge in [0, 0.05) is 6.61 Å². The molecule has 1 unspecified atom stereocenters. The maximum atomic E-state index is 11.6. The third-order valence-electron chi connectivity index (χ3n) is 1.29. The zero-order valence-electron chi connectivity index (χ0n) is 7.19. The lowest BCUT2D eigenvalue weighted by Crippen LogP contribution is -2.27. The fourth-order valence-corrected chi connectivity index (χ4v) is 0.836. The van der Waals surface area contributed by atoms with Crippen molar-refractivity contribution in [3.63, 3.8) is 0 Å². The van der Waals surface area contributed by atoms with Gasteiger partial charge in [-0.25, -0.2) is 0 Å². The van der Waals surface area contributed by atoms with Crippen molar-refractivity contribution in [1.29, 1.82) is 0 Å². The molecule has 0 spiro atoms. The molecule has 0 bridgehead atoms. The molecule has 0 aromatic carbocycles. The van der Waals surface area contributed by atoms with E-state index < -0.39 is 12.3 Å². The fourth-order valence-electron chi connectivity index (χ4n) is 0.836. The highest BCUT2D eigenvalue weighted by atomic mass is 19.4. The van der Waals surface area contributed by atoms with Gasteiger partial charge in [-0.1, -0.05) is 0 Å². The zero-order valence-corrected chi connectivity index (χ0v) is 7.19. The SMILES string of the molecule is F.F.F.F.F.F.FC(F)(F)C1CCCO1. The van der Waals surface area contributed by atoms with E-state index in [2.05, 4.69) is 4.74 Å². The average molecular weight is 260 g/mol. The molecule has 0 aromatic rings. The van der Waals surface area contributed by atoms with Gasteiger partial charge < -0.3 is 4.74 Å². The van der Waals surface area contributed by atoms with Crippen molar-refractivity contribution in [2.75, 3.05) is 6.61 Å². The highest BCUT2D eigenvalue weighted by Gasteiger charge is 2.42. The van der Waals surface area contributed by atoms with Crippen molar-refractivity contribution in [1.82, 2.24) is 0 Å². The molecule has 0 aliphatic carbocycles. The fraction of sp³-hybridized carbons (Fsp3) is 1.00. The molecule has 1 aliphatic rings. The predicted molar refractivity (Wildman–Crippen MR) is 40.0 cm³/mol. The van der Waals surface area contributed by atoms with Crippen molar-refractivity contribution in [2.24, 2.45) is 0 Å². The van der Waals surface area contributed by atoms with Crippen LogP contribution in [0, 0.1) is 0 Å². The molecule has 1 heterocycles. The Bertz CT molecular complexity index is 99.2. The van der Waals surface area contributed by atoms with Gasteiger partial charge in [0.15, 0.2) is 6.10 Å². The summed E-state index contributed by atoms with van der Waals surface area (Å²) in [5, 5.41) is 0. The van der Waals surface area contributed by atoms with Crippen LogP contribution >= 0.6 is 0 Å². The summed E-state index contributed by atoms with van der Waals surface area (Å²) >= 11 is 0. The molecule has 0 aromatic heterocycles. The summed E-state index contributed by atoms with van der Waals surface area (Å²) in [6.45, 7) is 0.254. The van der Waals surface area contributed by atoms with Crippen LogP contribution in [0.15, 0.2) is 0 Å². The van der Waals surface area contributed by atoms with Crippen LogP contribution in [0.4, 0.5) is 41.4 Å². The van der Waals surface area contributed by atoms with Crippen LogP contribution < -0.4 is 0 Å². The summed E-state index contributed by atoms with van der Waals surface area (Å²) in [5.74, 6) is 0. The van der Waals surface area contributed by atoms with Gasteiger partial charge in [0.2, 0.25) is 0 Å². The first-order chi connectivity index (χ1) is 4.11. The van der Waals surface area contributed by atoms with Crippen LogP contribution in [0.25, 0.3) is 0 Å². The Morgan fingerprint density at radius 3 is 1.40 bits per heavy atom. The topological polar surface area (TPSA) is 9.23 Å². The Morgan fingerprint density at radius 2 is 1.27 bits per heavy atom. The molecule has 10 heteroatoms. The van der Waals surface area contributed by atoms with E-state index in [1.54, 1.807) is 0 Å². The highest BCUT2D eigenvalue weighted by molar-refractivity contribution is 4.71. The Morgan fingerprint density at radius 1 is 0.867 bits per heavy atom. The quantitative estimate of drug-likeness (QED) is 0.608. The maximum Gasteiger partial charge on any atom is 0.414 e. The smallest absolute Gasteiger partial charge is 0.369 e. The molecule has 1 aliphatic heterocycles. The number of alkyl halides is 3. The lowest BCUT2D eigenvalue weighted by molar-refractivity contribution is -0.206. The highest BCUT2D eigenvalue weighted by Crippen LogP contribution is 2.29. The monoisotopic (exact) mass is 260 g/mol. The minimum absolute atomic E-state index is 0. The molecular formula is C5H13F9O. The van der Waals surface area contributed by atoms with Gasteiger partial charge in [-0.3, -0.25) is 28.2 Å². The maximum absolute atomic E-state index is 11.6.